The molecule has 1 N–H and O–H groups in total. The van der Waals surface area contributed by atoms with Crippen molar-refractivity contribution in [1.29, 1.82) is 0 Å². The molecule has 2 unspecified atom stereocenters. The van der Waals surface area contributed by atoms with Crippen LogP contribution in [0.5, 0.6) is 5.75 Å². The van der Waals surface area contributed by atoms with Crippen LogP contribution in [0.4, 0.5) is 14.5 Å². The zero-order valence-corrected chi connectivity index (χ0v) is 14.5. The van der Waals surface area contributed by atoms with Crippen molar-refractivity contribution in [3.63, 3.8) is 0 Å². The summed E-state index contributed by atoms with van der Waals surface area (Å²) < 4.78 is 33.6. The number of fused-ring (bicyclic) bond motifs is 1. The summed E-state index contributed by atoms with van der Waals surface area (Å²) in [5, 5.41) is 2.89. The molecule has 7 heteroatoms. The van der Waals surface area contributed by atoms with Gasteiger partial charge in [0.15, 0.2) is 0 Å². The van der Waals surface area contributed by atoms with Crippen molar-refractivity contribution in [2.24, 2.45) is 5.92 Å². The summed E-state index contributed by atoms with van der Waals surface area (Å²) in [4.78, 5) is 25.8. The second-order valence-corrected chi connectivity index (χ2v) is 6.80. The van der Waals surface area contributed by atoms with Crippen molar-refractivity contribution < 1.29 is 23.1 Å². The lowest BCUT2D eigenvalue weighted by Gasteiger charge is -2.27. The van der Waals surface area contributed by atoms with Gasteiger partial charge < -0.3 is 15.0 Å². The fourth-order valence-electron chi connectivity index (χ4n) is 3.59. The number of benzene rings is 2. The molecule has 0 saturated carbocycles. The first-order chi connectivity index (χ1) is 13.0. The van der Waals surface area contributed by atoms with Gasteiger partial charge in [-0.15, -0.1) is 0 Å². The second kappa shape index (κ2) is 6.98. The molecule has 2 heterocycles. The molecule has 2 aromatic carbocycles. The molecule has 2 aromatic rings. The van der Waals surface area contributed by atoms with E-state index in [4.69, 9.17) is 4.74 Å². The molecule has 140 valence electrons. The number of nitrogens with zero attached hydrogens (tertiary/aromatic N) is 1. The number of halogens is 2. The molecule has 27 heavy (non-hydrogen) atoms. The Morgan fingerprint density at radius 3 is 2.59 bits per heavy atom. The topological polar surface area (TPSA) is 58.6 Å². The van der Waals surface area contributed by atoms with E-state index in [2.05, 4.69) is 5.32 Å². The maximum Gasteiger partial charge on any atom is 0.228 e. The van der Waals surface area contributed by atoms with Crippen LogP contribution in [0.1, 0.15) is 12.0 Å². The summed E-state index contributed by atoms with van der Waals surface area (Å²) in [5.41, 5.74) is 0.610. The van der Waals surface area contributed by atoms with Crippen molar-refractivity contribution in [1.82, 2.24) is 5.32 Å². The largest absolute Gasteiger partial charge is 0.491 e. The standard InChI is InChI=1S/C20H18F2N2O3/c21-15-5-3-6-16(22)19(15)24-10-13(9-18(24)25)20(26)23-14-8-12-4-1-2-7-17(12)27-11-14/h1-7,13-14H,8-11H2,(H,23,26). The molecule has 5 nitrogen and oxygen atoms in total. The first-order valence-corrected chi connectivity index (χ1v) is 8.78. The molecule has 2 amide bonds. The number of nitrogens with one attached hydrogen (secondary N) is 1. The molecule has 0 bridgehead atoms. The van der Waals surface area contributed by atoms with Crippen LogP contribution in [-0.4, -0.2) is 31.0 Å². The Morgan fingerprint density at radius 1 is 1.07 bits per heavy atom. The van der Waals surface area contributed by atoms with Gasteiger partial charge in [0.2, 0.25) is 11.8 Å². The maximum atomic E-state index is 14.0. The Hall–Kier alpha value is -2.96. The number of amides is 2. The summed E-state index contributed by atoms with van der Waals surface area (Å²) in [5.74, 6) is -2.27. The highest BCUT2D eigenvalue weighted by molar-refractivity contribution is 6.00. The summed E-state index contributed by atoms with van der Waals surface area (Å²) in [6.07, 6.45) is 0.554. The van der Waals surface area contributed by atoms with E-state index in [9.17, 15) is 18.4 Å². The van der Waals surface area contributed by atoms with Crippen molar-refractivity contribution in [3.8, 4) is 5.75 Å². The van der Waals surface area contributed by atoms with Crippen LogP contribution in [0.15, 0.2) is 42.5 Å². The van der Waals surface area contributed by atoms with Crippen molar-refractivity contribution in [2.75, 3.05) is 18.1 Å². The number of para-hydroxylation sites is 2. The van der Waals surface area contributed by atoms with Crippen molar-refractivity contribution in [3.05, 3.63) is 59.7 Å². The zero-order chi connectivity index (χ0) is 19.0. The van der Waals surface area contributed by atoms with E-state index < -0.39 is 29.1 Å². The SMILES string of the molecule is O=C(NC1COc2ccccc2C1)C1CC(=O)N(c2c(F)cccc2F)C1. The number of carbonyl (C=O) groups is 2. The van der Waals surface area contributed by atoms with Gasteiger partial charge in [-0.25, -0.2) is 8.78 Å². The highest BCUT2D eigenvalue weighted by atomic mass is 19.1. The number of anilines is 1. The Balaban J connectivity index is 1.43. The van der Waals surface area contributed by atoms with Gasteiger partial charge in [0.05, 0.1) is 12.0 Å². The first-order valence-electron chi connectivity index (χ1n) is 8.78. The van der Waals surface area contributed by atoms with E-state index in [1.807, 2.05) is 24.3 Å². The number of ether oxygens (including phenoxy) is 1. The summed E-state index contributed by atoms with van der Waals surface area (Å²) in [6.45, 7) is 0.293. The predicted molar refractivity (Wildman–Crippen MR) is 94.4 cm³/mol. The molecule has 2 atom stereocenters. The van der Waals surface area contributed by atoms with Gasteiger partial charge in [-0.05, 0) is 30.2 Å². The van der Waals surface area contributed by atoms with Gasteiger partial charge in [-0.1, -0.05) is 24.3 Å². The van der Waals surface area contributed by atoms with Crippen LogP contribution in [0.2, 0.25) is 0 Å². The molecule has 1 fully saturated rings. The minimum absolute atomic E-state index is 0.0489. The van der Waals surface area contributed by atoms with Crippen LogP contribution in [0.3, 0.4) is 0 Å². The zero-order valence-electron chi connectivity index (χ0n) is 14.5. The monoisotopic (exact) mass is 372 g/mol. The lowest BCUT2D eigenvalue weighted by Crippen LogP contribution is -2.45. The first kappa shape index (κ1) is 17.5. The van der Waals surface area contributed by atoms with Crippen LogP contribution < -0.4 is 15.0 Å². The molecule has 0 aliphatic carbocycles. The average molecular weight is 372 g/mol. The fraction of sp³-hybridized carbons (Fsp3) is 0.300. The molecule has 2 aliphatic heterocycles. The Kier molecular flexibility index (Phi) is 4.51. The number of hydrogen-bond acceptors (Lipinski definition) is 3. The fourth-order valence-corrected chi connectivity index (χ4v) is 3.59. The third kappa shape index (κ3) is 3.37. The van der Waals surface area contributed by atoms with Crippen molar-refractivity contribution >= 4 is 17.5 Å². The summed E-state index contributed by atoms with van der Waals surface area (Å²) in [6, 6.07) is 10.8. The van der Waals surface area contributed by atoms with Gasteiger partial charge >= 0.3 is 0 Å². The molecular weight excluding hydrogens is 354 g/mol. The van der Waals surface area contributed by atoms with Gasteiger partial charge in [-0.3, -0.25) is 9.59 Å². The van der Waals surface area contributed by atoms with E-state index in [0.29, 0.717) is 13.0 Å². The third-order valence-electron chi connectivity index (χ3n) is 4.93. The van der Waals surface area contributed by atoms with Gasteiger partial charge in [0.25, 0.3) is 0 Å². The molecule has 0 aromatic heterocycles. The molecule has 4 rings (SSSR count). The predicted octanol–water partition coefficient (Wildman–Crippen LogP) is 2.44. The minimum Gasteiger partial charge on any atom is -0.491 e. The smallest absolute Gasteiger partial charge is 0.228 e. The summed E-state index contributed by atoms with van der Waals surface area (Å²) >= 11 is 0. The van der Waals surface area contributed by atoms with E-state index in [1.54, 1.807) is 0 Å². The minimum atomic E-state index is -0.818. The molecule has 2 aliphatic rings. The Morgan fingerprint density at radius 2 is 1.81 bits per heavy atom. The van der Waals surface area contributed by atoms with Crippen LogP contribution >= 0.6 is 0 Å². The molecule has 0 spiro atoms. The molecule has 0 radical (unpaired) electrons. The Bertz CT molecular complexity index is 882. The maximum absolute atomic E-state index is 14.0. The van der Waals surface area contributed by atoms with E-state index in [1.165, 1.54) is 6.07 Å². The van der Waals surface area contributed by atoms with Crippen LogP contribution in [0, 0.1) is 17.6 Å². The highest BCUT2D eigenvalue weighted by Gasteiger charge is 2.38. The van der Waals surface area contributed by atoms with Crippen molar-refractivity contribution in [2.45, 2.75) is 18.9 Å². The number of hydrogen-bond donors (Lipinski definition) is 1. The Labute approximate surface area is 154 Å². The number of rotatable bonds is 3. The highest BCUT2D eigenvalue weighted by Crippen LogP contribution is 2.30. The van der Waals surface area contributed by atoms with Crippen LogP contribution in [-0.2, 0) is 16.0 Å². The van der Waals surface area contributed by atoms with Crippen LogP contribution in [0.25, 0.3) is 0 Å². The van der Waals surface area contributed by atoms with E-state index >= 15 is 0 Å². The van der Waals surface area contributed by atoms with Gasteiger partial charge in [-0.2, -0.15) is 0 Å². The second-order valence-electron chi connectivity index (χ2n) is 6.80. The lowest BCUT2D eigenvalue weighted by molar-refractivity contribution is -0.127. The van der Waals surface area contributed by atoms with Gasteiger partial charge in [0.1, 0.15) is 29.7 Å². The molecular formula is C20H18F2N2O3. The molecule has 1 saturated heterocycles. The van der Waals surface area contributed by atoms with Gasteiger partial charge in [0, 0.05) is 13.0 Å². The van der Waals surface area contributed by atoms with E-state index in [-0.39, 0.29) is 24.9 Å². The quantitative estimate of drug-likeness (QED) is 0.900. The lowest BCUT2D eigenvalue weighted by atomic mass is 10.0. The number of carbonyl (C=O) groups excluding carboxylic acids is 2. The average Bonchev–Trinajstić information content (AvgIpc) is 3.03. The normalized spacial score (nSPS) is 21.6. The van der Waals surface area contributed by atoms with E-state index in [0.717, 1.165) is 28.3 Å². The summed E-state index contributed by atoms with van der Waals surface area (Å²) in [7, 11) is 0. The third-order valence-corrected chi connectivity index (χ3v) is 4.93.